The minimum atomic E-state index is -0.466. The van der Waals surface area contributed by atoms with Crippen LogP contribution in [0.2, 0.25) is 0 Å². The van der Waals surface area contributed by atoms with E-state index < -0.39 is 6.10 Å². The van der Waals surface area contributed by atoms with Gasteiger partial charge in [-0.25, -0.2) is 0 Å². The number of benzene rings is 1. The Morgan fingerprint density at radius 1 is 1.14 bits per heavy atom. The minimum absolute atomic E-state index is 0.353. The first-order valence-corrected chi connectivity index (χ1v) is 8.05. The van der Waals surface area contributed by atoms with Crippen LogP contribution in [0.1, 0.15) is 33.3 Å². The van der Waals surface area contributed by atoms with Crippen molar-refractivity contribution in [3.63, 3.8) is 0 Å². The van der Waals surface area contributed by atoms with Gasteiger partial charge in [-0.05, 0) is 37.5 Å². The molecule has 0 spiro atoms. The van der Waals surface area contributed by atoms with E-state index in [-0.39, 0.29) is 0 Å². The van der Waals surface area contributed by atoms with Crippen LogP contribution in [0.15, 0.2) is 24.3 Å². The molecular formula is C18H31NO3. The molecule has 0 heterocycles. The van der Waals surface area contributed by atoms with Crippen LogP contribution in [0.5, 0.6) is 5.75 Å². The number of ether oxygens (including phenoxy) is 2. The van der Waals surface area contributed by atoms with E-state index in [4.69, 9.17) is 9.47 Å². The van der Waals surface area contributed by atoms with Crippen molar-refractivity contribution in [2.24, 2.45) is 5.92 Å². The SMILES string of the molecule is COc1cccc(CN(C[C@@H](O)COCC(C)C)C(C)C)c1. The van der Waals surface area contributed by atoms with Crippen molar-refractivity contribution in [1.82, 2.24) is 4.90 Å². The van der Waals surface area contributed by atoms with E-state index in [0.29, 0.717) is 31.7 Å². The Hall–Kier alpha value is -1.10. The summed E-state index contributed by atoms with van der Waals surface area (Å²) in [4.78, 5) is 2.25. The molecule has 1 N–H and O–H groups in total. The molecule has 0 fully saturated rings. The number of nitrogens with zero attached hydrogens (tertiary/aromatic N) is 1. The normalized spacial score (nSPS) is 13.1. The van der Waals surface area contributed by atoms with E-state index in [1.807, 2.05) is 18.2 Å². The number of aliphatic hydroxyl groups is 1. The van der Waals surface area contributed by atoms with Crippen LogP contribution in [0, 0.1) is 5.92 Å². The standard InChI is InChI=1S/C18H31NO3/c1-14(2)12-22-13-17(20)11-19(15(3)4)10-16-7-6-8-18(9-16)21-5/h6-9,14-15,17,20H,10-13H2,1-5H3/t17-/m1/s1. The predicted octanol–water partition coefficient (Wildman–Crippen LogP) is 2.94. The number of hydrogen-bond acceptors (Lipinski definition) is 4. The van der Waals surface area contributed by atoms with Crippen LogP contribution in [-0.4, -0.2) is 49.0 Å². The van der Waals surface area contributed by atoms with Gasteiger partial charge in [-0.15, -0.1) is 0 Å². The lowest BCUT2D eigenvalue weighted by atomic mass is 10.1. The summed E-state index contributed by atoms with van der Waals surface area (Å²) in [7, 11) is 1.68. The molecule has 0 aliphatic carbocycles. The fraction of sp³-hybridized carbons (Fsp3) is 0.667. The van der Waals surface area contributed by atoms with Gasteiger partial charge in [-0.3, -0.25) is 4.90 Å². The van der Waals surface area contributed by atoms with Crippen LogP contribution >= 0.6 is 0 Å². The summed E-state index contributed by atoms with van der Waals surface area (Å²) in [6.07, 6.45) is -0.466. The van der Waals surface area contributed by atoms with Crippen LogP contribution in [0.25, 0.3) is 0 Å². The van der Waals surface area contributed by atoms with Gasteiger partial charge in [-0.2, -0.15) is 0 Å². The Morgan fingerprint density at radius 2 is 1.86 bits per heavy atom. The third kappa shape index (κ3) is 7.25. The number of rotatable bonds is 10. The largest absolute Gasteiger partial charge is 0.497 e. The Morgan fingerprint density at radius 3 is 2.45 bits per heavy atom. The van der Waals surface area contributed by atoms with Crippen molar-refractivity contribution in [1.29, 1.82) is 0 Å². The van der Waals surface area contributed by atoms with Crippen molar-refractivity contribution in [3.8, 4) is 5.75 Å². The van der Waals surface area contributed by atoms with Gasteiger partial charge in [0.15, 0.2) is 0 Å². The van der Waals surface area contributed by atoms with Gasteiger partial charge in [0.1, 0.15) is 5.75 Å². The second-order valence-electron chi connectivity index (χ2n) is 6.46. The molecule has 22 heavy (non-hydrogen) atoms. The first-order valence-electron chi connectivity index (χ1n) is 8.05. The van der Waals surface area contributed by atoms with Gasteiger partial charge in [-0.1, -0.05) is 26.0 Å². The quantitative estimate of drug-likeness (QED) is 0.721. The Kier molecular flexibility index (Phi) is 8.46. The monoisotopic (exact) mass is 309 g/mol. The molecule has 4 heteroatoms. The second kappa shape index (κ2) is 9.82. The third-order valence-corrected chi connectivity index (χ3v) is 3.46. The average Bonchev–Trinajstić information content (AvgIpc) is 2.46. The van der Waals surface area contributed by atoms with Gasteiger partial charge in [0.2, 0.25) is 0 Å². The molecule has 0 aromatic heterocycles. The Labute approximate surface area is 135 Å². The zero-order valence-corrected chi connectivity index (χ0v) is 14.6. The van der Waals surface area contributed by atoms with E-state index in [1.54, 1.807) is 7.11 Å². The van der Waals surface area contributed by atoms with E-state index in [2.05, 4.69) is 38.7 Å². The smallest absolute Gasteiger partial charge is 0.119 e. The molecule has 0 radical (unpaired) electrons. The predicted molar refractivity (Wildman–Crippen MR) is 90.2 cm³/mol. The van der Waals surface area contributed by atoms with Gasteiger partial charge in [0, 0.05) is 25.7 Å². The Balaban J connectivity index is 2.54. The van der Waals surface area contributed by atoms with Gasteiger partial charge in [0.25, 0.3) is 0 Å². The van der Waals surface area contributed by atoms with Crippen molar-refractivity contribution in [2.45, 2.75) is 46.4 Å². The van der Waals surface area contributed by atoms with Crippen molar-refractivity contribution in [2.75, 3.05) is 26.9 Å². The summed E-state index contributed by atoms with van der Waals surface area (Å²) < 4.78 is 10.8. The number of aliphatic hydroxyl groups excluding tert-OH is 1. The molecule has 0 saturated carbocycles. The highest BCUT2D eigenvalue weighted by molar-refractivity contribution is 5.28. The van der Waals surface area contributed by atoms with Crippen LogP contribution in [0.4, 0.5) is 0 Å². The molecular weight excluding hydrogens is 278 g/mol. The van der Waals surface area contributed by atoms with E-state index in [0.717, 1.165) is 12.3 Å². The fourth-order valence-corrected chi connectivity index (χ4v) is 2.23. The highest BCUT2D eigenvalue weighted by Gasteiger charge is 2.16. The van der Waals surface area contributed by atoms with Crippen molar-refractivity contribution in [3.05, 3.63) is 29.8 Å². The molecule has 0 bridgehead atoms. The first-order chi connectivity index (χ1) is 10.4. The van der Waals surface area contributed by atoms with E-state index in [1.165, 1.54) is 5.56 Å². The zero-order valence-electron chi connectivity index (χ0n) is 14.6. The summed E-state index contributed by atoms with van der Waals surface area (Å²) >= 11 is 0. The molecule has 0 amide bonds. The second-order valence-corrected chi connectivity index (χ2v) is 6.46. The van der Waals surface area contributed by atoms with Crippen molar-refractivity contribution < 1.29 is 14.6 Å². The highest BCUT2D eigenvalue weighted by atomic mass is 16.5. The zero-order chi connectivity index (χ0) is 16.5. The lowest BCUT2D eigenvalue weighted by molar-refractivity contribution is 0.00173. The molecule has 1 rings (SSSR count). The number of hydrogen-bond donors (Lipinski definition) is 1. The summed E-state index contributed by atoms with van der Waals surface area (Å²) in [5.74, 6) is 1.35. The maximum Gasteiger partial charge on any atom is 0.119 e. The van der Waals surface area contributed by atoms with Crippen LogP contribution in [0.3, 0.4) is 0 Å². The van der Waals surface area contributed by atoms with Gasteiger partial charge < -0.3 is 14.6 Å². The highest BCUT2D eigenvalue weighted by Crippen LogP contribution is 2.16. The Bertz CT molecular complexity index is 421. The lowest BCUT2D eigenvalue weighted by Gasteiger charge is -2.29. The van der Waals surface area contributed by atoms with Gasteiger partial charge >= 0.3 is 0 Å². The maximum absolute atomic E-state index is 10.2. The molecule has 1 aromatic carbocycles. The number of methoxy groups -OCH3 is 1. The molecule has 0 aliphatic rings. The molecule has 1 atom stereocenters. The third-order valence-electron chi connectivity index (χ3n) is 3.46. The summed E-state index contributed by atoms with van der Waals surface area (Å²) in [6, 6.07) is 8.41. The van der Waals surface area contributed by atoms with E-state index in [9.17, 15) is 5.11 Å². The van der Waals surface area contributed by atoms with Gasteiger partial charge in [0.05, 0.1) is 19.8 Å². The average molecular weight is 309 g/mol. The molecule has 4 nitrogen and oxygen atoms in total. The summed E-state index contributed by atoms with van der Waals surface area (Å²) in [5, 5.41) is 10.2. The first kappa shape index (κ1) is 18.9. The van der Waals surface area contributed by atoms with E-state index >= 15 is 0 Å². The topological polar surface area (TPSA) is 41.9 Å². The molecule has 1 aromatic rings. The maximum atomic E-state index is 10.2. The lowest BCUT2D eigenvalue weighted by Crippen LogP contribution is -2.39. The minimum Gasteiger partial charge on any atom is -0.497 e. The van der Waals surface area contributed by atoms with Crippen molar-refractivity contribution >= 4 is 0 Å². The molecule has 0 aliphatic heterocycles. The fourth-order valence-electron chi connectivity index (χ4n) is 2.23. The van der Waals surface area contributed by atoms with Crippen LogP contribution < -0.4 is 4.74 Å². The molecule has 0 saturated heterocycles. The summed E-state index contributed by atoms with van der Waals surface area (Å²) in [5.41, 5.74) is 1.18. The summed E-state index contributed by atoms with van der Waals surface area (Å²) in [6.45, 7) is 11.0. The molecule has 0 unspecified atom stereocenters. The van der Waals surface area contributed by atoms with Crippen LogP contribution in [-0.2, 0) is 11.3 Å². The molecule has 126 valence electrons.